The van der Waals surface area contributed by atoms with Gasteiger partial charge in [0, 0.05) is 12.0 Å². The number of unbranched alkanes of at least 4 members (excludes halogenated alkanes) is 3. The van der Waals surface area contributed by atoms with E-state index in [4.69, 9.17) is 9.47 Å². The van der Waals surface area contributed by atoms with E-state index in [-0.39, 0.29) is 5.97 Å². The Balaban J connectivity index is 2.06. The van der Waals surface area contributed by atoms with E-state index in [1.165, 1.54) is 12.8 Å². The van der Waals surface area contributed by atoms with Crippen molar-refractivity contribution in [3.63, 3.8) is 0 Å². The lowest BCUT2D eigenvalue weighted by Gasteiger charge is -2.04. The van der Waals surface area contributed by atoms with Crippen LogP contribution in [0.2, 0.25) is 0 Å². The molecule has 0 radical (unpaired) electrons. The maximum atomic E-state index is 11.3. The lowest BCUT2D eigenvalue weighted by atomic mass is 10.1. The smallest absolute Gasteiger partial charge is 0.306 e. The molecule has 1 rings (SSSR count). The minimum atomic E-state index is -0.116. The van der Waals surface area contributed by atoms with Gasteiger partial charge in [-0.3, -0.25) is 4.79 Å². The average Bonchev–Trinajstić information content (AvgIpc) is 2.68. The van der Waals surface area contributed by atoms with Crippen LogP contribution in [-0.2, 0) is 14.3 Å². The van der Waals surface area contributed by atoms with Gasteiger partial charge in [0.05, 0.1) is 0 Å². The van der Waals surface area contributed by atoms with E-state index in [1.54, 1.807) is 0 Å². The third-order valence-electron chi connectivity index (χ3n) is 2.46. The van der Waals surface area contributed by atoms with Crippen LogP contribution in [0.15, 0.2) is 24.0 Å². The molecule has 0 N–H and O–H groups in total. The van der Waals surface area contributed by atoms with Crippen LogP contribution >= 0.6 is 0 Å². The molecular formula is C13H20O3. The maximum absolute atomic E-state index is 11.3. The van der Waals surface area contributed by atoms with Crippen LogP contribution < -0.4 is 0 Å². The molecule has 1 heterocycles. The van der Waals surface area contributed by atoms with Crippen molar-refractivity contribution >= 4 is 5.97 Å². The summed E-state index contributed by atoms with van der Waals surface area (Å²) in [4.78, 5) is 11.3. The van der Waals surface area contributed by atoms with Gasteiger partial charge in [0.15, 0.2) is 0 Å². The molecule has 1 aliphatic heterocycles. The van der Waals surface area contributed by atoms with Crippen molar-refractivity contribution < 1.29 is 14.3 Å². The maximum Gasteiger partial charge on any atom is 0.306 e. The first kappa shape index (κ1) is 12.8. The molecule has 0 saturated carbocycles. The number of carbonyl (C=O) groups is 1. The second kappa shape index (κ2) is 7.09. The molecule has 0 aromatic carbocycles. The minimum Gasteiger partial charge on any atom is -0.490 e. The second-order valence-electron chi connectivity index (χ2n) is 4.03. The molecule has 0 aromatic rings. The Hall–Kier alpha value is -1.25. The number of hydrogen-bond acceptors (Lipinski definition) is 3. The van der Waals surface area contributed by atoms with Gasteiger partial charge in [-0.25, -0.2) is 0 Å². The van der Waals surface area contributed by atoms with Crippen LogP contribution in [0, 0.1) is 0 Å². The average molecular weight is 224 g/mol. The van der Waals surface area contributed by atoms with Gasteiger partial charge in [0.1, 0.15) is 19.0 Å². The molecule has 3 heteroatoms. The highest BCUT2D eigenvalue weighted by atomic mass is 16.5. The third-order valence-corrected chi connectivity index (χ3v) is 2.46. The number of esters is 1. The third kappa shape index (κ3) is 5.01. The molecule has 0 amide bonds. The molecule has 0 unspecified atom stereocenters. The molecule has 0 aliphatic carbocycles. The standard InChI is InChI=1S/C13H20O3/c1-3-4-5-6-7-13(14)16-10-12-8-11(2)15-9-12/h8H,2-7,9-10H2,1H3. The normalized spacial score (nSPS) is 14.6. The summed E-state index contributed by atoms with van der Waals surface area (Å²) in [5.41, 5.74) is 0.979. The van der Waals surface area contributed by atoms with Crippen molar-refractivity contribution in [2.75, 3.05) is 13.2 Å². The molecule has 0 saturated heterocycles. The summed E-state index contributed by atoms with van der Waals surface area (Å²) in [7, 11) is 0. The highest BCUT2D eigenvalue weighted by Crippen LogP contribution is 2.13. The van der Waals surface area contributed by atoms with Crippen molar-refractivity contribution in [3.8, 4) is 0 Å². The summed E-state index contributed by atoms with van der Waals surface area (Å²) in [6.07, 6.45) is 6.75. The summed E-state index contributed by atoms with van der Waals surface area (Å²) in [5.74, 6) is 0.531. The van der Waals surface area contributed by atoms with Crippen LogP contribution in [0.3, 0.4) is 0 Å². The van der Waals surface area contributed by atoms with E-state index < -0.39 is 0 Å². The first-order chi connectivity index (χ1) is 7.72. The summed E-state index contributed by atoms with van der Waals surface area (Å²) in [6, 6.07) is 0. The number of allylic oxidation sites excluding steroid dienone is 1. The molecule has 0 spiro atoms. The van der Waals surface area contributed by atoms with E-state index in [0.29, 0.717) is 25.4 Å². The van der Waals surface area contributed by atoms with Crippen LogP contribution in [-0.4, -0.2) is 19.2 Å². The van der Waals surface area contributed by atoms with E-state index in [1.807, 2.05) is 6.08 Å². The van der Waals surface area contributed by atoms with Gasteiger partial charge in [0.25, 0.3) is 0 Å². The highest BCUT2D eigenvalue weighted by molar-refractivity contribution is 5.69. The van der Waals surface area contributed by atoms with Crippen molar-refractivity contribution in [1.82, 2.24) is 0 Å². The second-order valence-corrected chi connectivity index (χ2v) is 4.03. The Morgan fingerprint density at radius 3 is 2.94 bits per heavy atom. The predicted octanol–water partition coefficient (Wildman–Crippen LogP) is 2.97. The van der Waals surface area contributed by atoms with Gasteiger partial charge in [-0.1, -0.05) is 32.8 Å². The van der Waals surface area contributed by atoms with Gasteiger partial charge in [0.2, 0.25) is 0 Å². The molecule has 3 nitrogen and oxygen atoms in total. The Kier molecular flexibility index (Phi) is 5.68. The molecular weight excluding hydrogens is 204 g/mol. The largest absolute Gasteiger partial charge is 0.490 e. The van der Waals surface area contributed by atoms with Gasteiger partial charge in [-0.05, 0) is 12.5 Å². The zero-order valence-electron chi connectivity index (χ0n) is 9.96. The Morgan fingerprint density at radius 2 is 2.31 bits per heavy atom. The number of rotatable bonds is 7. The van der Waals surface area contributed by atoms with E-state index in [0.717, 1.165) is 18.4 Å². The van der Waals surface area contributed by atoms with E-state index in [2.05, 4.69) is 13.5 Å². The zero-order valence-corrected chi connectivity index (χ0v) is 9.96. The summed E-state index contributed by atoms with van der Waals surface area (Å²) < 4.78 is 10.3. The van der Waals surface area contributed by atoms with Crippen LogP contribution in [0.4, 0.5) is 0 Å². The van der Waals surface area contributed by atoms with Gasteiger partial charge in [-0.2, -0.15) is 0 Å². The van der Waals surface area contributed by atoms with Gasteiger partial charge < -0.3 is 9.47 Å². The Labute approximate surface area is 97.1 Å². The van der Waals surface area contributed by atoms with Crippen LogP contribution in [0.5, 0.6) is 0 Å². The van der Waals surface area contributed by atoms with Crippen molar-refractivity contribution in [2.45, 2.75) is 39.0 Å². The summed E-state index contributed by atoms with van der Waals surface area (Å²) >= 11 is 0. The molecule has 0 bridgehead atoms. The molecule has 1 aliphatic rings. The van der Waals surface area contributed by atoms with E-state index in [9.17, 15) is 4.79 Å². The van der Waals surface area contributed by atoms with Crippen molar-refractivity contribution in [3.05, 3.63) is 24.0 Å². The van der Waals surface area contributed by atoms with Crippen molar-refractivity contribution in [2.24, 2.45) is 0 Å². The zero-order chi connectivity index (χ0) is 11.8. The molecule has 0 fully saturated rings. The van der Waals surface area contributed by atoms with Gasteiger partial charge in [-0.15, -0.1) is 0 Å². The van der Waals surface area contributed by atoms with Crippen LogP contribution in [0.25, 0.3) is 0 Å². The first-order valence-corrected chi connectivity index (χ1v) is 5.89. The molecule has 0 aromatic heterocycles. The monoisotopic (exact) mass is 224 g/mol. The fourth-order valence-electron chi connectivity index (χ4n) is 1.52. The number of hydrogen-bond donors (Lipinski definition) is 0. The van der Waals surface area contributed by atoms with Crippen molar-refractivity contribution in [1.29, 1.82) is 0 Å². The molecule has 0 atom stereocenters. The Morgan fingerprint density at radius 1 is 1.50 bits per heavy atom. The predicted molar refractivity (Wildman–Crippen MR) is 62.9 cm³/mol. The quantitative estimate of drug-likeness (QED) is 0.492. The fourth-order valence-corrected chi connectivity index (χ4v) is 1.52. The number of carbonyl (C=O) groups excluding carboxylic acids is 1. The SMILES string of the molecule is C=C1C=C(COC(=O)CCCCCC)CO1. The number of ether oxygens (including phenoxy) is 2. The minimum absolute atomic E-state index is 0.116. The summed E-state index contributed by atoms with van der Waals surface area (Å²) in [5, 5.41) is 0. The molecule has 16 heavy (non-hydrogen) atoms. The Bertz CT molecular complexity index is 279. The summed E-state index contributed by atoms with van der Waals surface area (Å²) in [6.45, 7) is 6.65. The molecule has 90 valence electrons. The van der Waals surface area contributed by atoms with Gasteiger partial charge >= 0.3 is 5.97 Å². The fraction of sp³-hybridized carbons (Fsp3) is 0.615. The van der Waals surface area contributed by atoms with Crippen LogP contribution in [0.1, 0.15) is 39.0 Å². The topological polar surface area (TPSA) is 35.5 Å². The first-order valence-electron chi connectivity index (χ1n) is 5.89. The lowest BCUT2D eigenvalue weighted by molar-refractivity contribution is -0.142. The van der Waals surface area contributed by atoms with E-state index >= 15 is 0 Å². The lowest BCUT2D eigenvalue weighted by Crippen LogP contribution is -2.08. The highest BCUT2D eigenvalue weighted by Gasteiger charge is 2.10.